The first-order valence-corrected chi connectivity index (χ1v) is 7.66. The van der Waals surface area contributed by atoms with E-state index in [4.69, 9.17) is 5.73 Å². The molecule has 3 nitrogen and oxygen atoms in total. The van der Waals surface area contributed by atoms with Gasteiger partial charge in [0.05, 0.1) is 0 Å². The van der Waals surface area contributed by atoms with E-state index in [1.165, 1.54) is 30.4 Å². The molecule has 0 radical (unpaired) electrons. The van der Waals surface area contributed by atoms with Crippen LogP contribution in [0.2, 0.25) is 0 Å². The number of aryl methyl sites for hydroxylation is 1. The van der Waals surface area contributed by atoms with Gasteiger partial charge >= 0.3 is 5.97 Å². The standard InChI is InChI=1S/C17H25NO2/c1-2-3-4-5-13-6-8-14(9-7-13)15-10-11-17(18,12-15)16(19)20/h6-9,15H,2-5,10-12,18H2,1H3,(H,19,20)/t15-,17+/m0/s1. The van der Waals surface area contributed by atoms with E-state index in [1.54, 1.807) is 0 Å². The molecule has 1 aliphatic carbocycles. The highest BCUT2D eigenvalue weighted by molar-refractivity contribution is 5.79. The summed E-state index contributed by atoms with van der Waals surface area (Å²) < 4.78 is 0. The van der Waals surface area contributed by atoms with E-state index in [1.807, 2.05) is 0 Å². The van der Waals surface area contributed by atoms with E-state index in [9.17, 15) is 9.90 Å². The Morgan fingerprint density at radius 1 is 1.35 bits per heavy atom. The van der Waals surface area contributed by atoms with Crippen molar-refractivity contribution in [2.45, 2.75) is 63.3 Å². The molecule has 2 atom stereocenters. The Kier molecular flexibility index (Phi) is 4.81. The highest BCUT2D eigenvalue weighted by Gasteiger charge is 2.42. The Morgan fingerprint density at radius 2 is 2.05 bits per heavy atom. The molecule has 0 heterocycles. The zero-order chi connectivity index (χ0) is 14.6. The van der Waals surface area contributed by atoms with E-state index >= 15 is 0 Å². The number of hydrogen-bond acceptors (Lipinski definition) is 2. The molecule has 1 fully saturated rings. The first-order chi connectivity index (χ1) is 9.55. The topological polar surface area (TPSA) is 63.3 Å². The molecular formula is C17H25NO2. The van der Waals surface area contributed by atoms with Crippen LogP contribution in [-0.4, -0.2) is 16.6 Å². The van der Waals surface area contributed by atoms with Crippen LogP contribution in [-0.2, 0) is 11.2 Å². The van der Waals surface area contributed by atoms with Crippen LogP contribution in [0, 0.1) is 0 Å². The van der Waals surface area contributed by atoms with Crippen molar-refractivity contribution in [3.05, 3.63) is 35.4 Å². The summed E-state index contributed by atoms with van der Waals surface area (Å²) in [4.78, 5) is 11.2. The van der Waals surface area contributed by atoms with Crippen molar-refractivity contribution in [3.8, 4) is 0 Å². The van der Waals surface area contributed by atoms with Crippen LogP contribution in [0.25, 0.3) is 0 Å². The predicted octanol–water partition coefficient (Wildman–Crippen LogP) is 3.47. The minimum atomic E-state index is -1.02. The molecule has 1 aromatic rings. The van der Waals surface area contributed by atoms with Crippen molar-refractivity contribution in [2.24, 2.45) is 5.73 Å². The average molecular weight is 275 g/mol. The van der Waals surface area contributed by atoms with Gasteiger partial charge in [-0.1, -0.05) is 44.0 Å². The monoisotopic (exact) mass is 275 g/mol. The summed E-state index contributed by atoms with van der Waals surface area (Å²) in [6, 6.07) is 8.67. The van der Waals surface area contributed by atoms with Crippen LogP contribution >= 0.6 is 0 Å². The van der Waals surface area contributed by atoms with Crippen LogP contribution < -0.4 is 5.73 Å². The van der Waals surface area contributed by atoms with E-state index in [0.717, 1.165) is 12.8 Å². The summed E-state index contributed by atoms with van der Waals surface area (Å²) in [6.07, 6.45) is 6.90. The number of rotatable bonds is 6. The number of hydrogen-bond donors (Lipinski definition) is 2. The molecule has 1 saturated carbocycles. The molecule has 1 aromatic carbocycles. The minimum Gasteiger partial charge on any atom is -0.480 e. The molecule has 0 saturated heterocycles. The SMILES string of the molecule is CCCCCc1ccc([C@H]2CC[C@](N)(C(=O)O)C2)cc1. The lowest BCUT2D eigenvalue weighted by Crippen LogP contribution is -2.45. The fraction of sp³-hybridized carbons (Fsp3) is 0.588. The number of carbonyl (C=O) groups is 1. The molecule has 0 spiro atoms. The summed E-state index contributed by atoms with van der Waals surface area (Å²) >= 11 is 0. The summed E-state index contributed by atoms with van der Waals surface area (Å²) in [7, 11) is 0. The molecule has 110 valence electrons. The molecule has 0 unspecified atom stereocenters. The van der Waals surface area contributed by atoms with Gasteiger partial charge < -0.3 is 10.8 Å². The van der Waals surface area contributed by atoms with Crippen molar-refractivity contribution in [2.75, 3.05) is 0 Å². The summed E-state index contributed by atoms with van der Waals surface area (Å²) in [5, 5.41) is 9.18. The average Bonchev–Trinajstić information content (AvgIpc) is 2.84. The van der Waals surface area contributed by atoms with Crippen molar-refractivity contribution in [1.82, 2.24) is 0 Å². The van der Waals surface area contributed by atoms with Crippen molar-refractivity contribution < 1.29 is 9.90 Å². The van der Waals surface area contributed by atoms with Crippen molar-refractivity contribution >= 4 is 5.97 Å². The smallest absolute Gasteiger partial charge is 0.323 e. The van der Waals surface area contributed by atoms with Gasteiger partial charge in [0.15, 0.2) is 0 Å². The van der Waals surface area contributed by atoms with Gasteiger partial charge in [-0.25, -0.2) is 0 Å². The Morgan fingerprint density at radius 3 is 2.60 bits per heavy atom. The molecule has 1 aliphatic rings. The fourth-order valence-electron chi connectivity index (χ4n) is 3.09. The lowest BCUT2D eigenvalue weighted by Gasteiger charge is -2.18. The summed E-state index contributed by atoms with van der Waals surface area (Å²) in [5.41, 5.74) is 7.52. The molecule has 3 N–H and O–H groups in total. The highest BCUT2D eigenvalue weighted by Crippen LogP contribution is 2.39. The number of unbranched alkanes of at least 4 members (excludes halogenated alkanes) is 2. The largest absolute Gasteiger partial charge is 0.480 e. The predicted molar refractivity (Wildman–Crippen MR) is 80.8 cm³/mol. The first-order valence-electron chi connectivity index (χ1n) is 7.66. The molecule has 2 rings (SSSR count). The molecular weight excluding hydrogens is 250 g/mol. The van der Waals surface area contributed by atoms with Gasteiger partial charge in [-0.3, -0.25) is 4.79 Å². The number of carboxylic acid groups (broad SMARTS) is 1. The Labute approximate surface area is 121 Å². The van der Waals surface area contributed by atoms with Gasteiger partial charge in [-0.05, 0) is 49.1 Å². The maximum Gasteiger partial charge on any atom is 0.323 e. The molecule has 0 bridgehead atoms. The zero-order valence-electron chi connectivity index (χ0n) is 12.3. The molecule has 20 heavy (non-hydrogen) atoms. The maximum atomic E-state index is 11.2. The Balaban J connectivity index is 1.96. The normalized spacial score (nSPS) is 25.8. The number of carboxylic acids is 1. The second-order valence-electron chi connectivity index (χ2n) is 6.10. The number of nitrogens with two attached hydrogens (primary N) is 1. The van der Waals surface area contributed by atoms with Crippen LogP contribution in [0.15, 0.2) is 24.3 Å². The van der Waals surface area contributed by atoms with Gasteiger partial charge in [-0.2, -0.15) is 0 Å². The van der Waals surface area contributed by atoms with E-state index in [2.05, 4.69) is 31.2 Å². The highest BCUT2D eigenvalue weighted by atomic mass is 16.4. The minimum absolute atomic E-state index is 0.292. The van der Waals surface area contributed by atoms with Crippen LogP contribution in [0.5, 0.6) is 0 Å². The molecule has 0 amide bonds. The second-order valence-corrected chi connectivity index (χ2v) is 6.10. The lowest BCUT2D eigenvalue weighted by atomic mass is 9.92. The molecule has 0 aromatic heterocycles. The second kappa shape index (κ2) is 6.40. The van der Waals surface area contributed by atoms with Crippen LogP contribution in [0.3, 0.4) is 0 Å². The van der Waals surface area contributed by atoms with Crippen LogP contribution in [0.1, 0.15) is 62.5 Å². The molecule has 0 aliphatic heterocycles. The quantitative estimate of drug-likeness (QED) is 0.781. The third-order valence-electron chi connectivity index (χ3n) is 4.50. The van der Waals surface area contributed by atoms with Crippen LogP contribution in [0.4, 0.5) is 0 Å². The van der Waals surface area contributed by atoms with Crippen molar-refractivity contribution in [1.29, 1.82) is 0 Å². The van der Waals surface area contributed by atoms with Gasteiger partial charge in [-0.15, -0.1) is 0 Å². The van der Waals surface area contributed by atoms with Gasteiger partial charge in [0, 0.05) is 0 Å². The summed E-state index contributed by atoms with van der Waals surface area (Å²) in [6.45, 7) is 2.21. The van der Waals surface area contributed by atoms with E-state index in [0.29, 0.717) is 18.8 Å². The van der Waals surface area contributed by atoms with E-state index in [-0.39, 0.29) is 0 Å². The Bertz CT molecular complexity index is 455. The third-order valence-corrected chi connectivity index (χ3v) is 4.50. The fourth-order valence-corrected chi connectivity index (χ4v) is 3.09. The number of benzene rings is 1. The van der Waals surface area contributed by atoms with Gasteiger partial charge in [0.25, 0.3) is 0 Å². The zero-order valence-corrected chi connectivity index (χ0v) is 12.3. The van der Waals surface area contributed by atoms with Crippen molar-refractivity contribution in [3.63, 3.8) is 0 Å². The first kappa shape index (κ1) is 15.0. The summed E-state index contributed by atoms with van der Waals surface area (Å²) in [5.74, 6) is -0.572. The Hall–Kier alpha value is -1.35. The number of aliphatic carboxylic acids is 1. The maximum absolute atomic E-state index is 11.2. The molecule has 3 heteroatoms. The van der Waals surface area contributed by atoms with Gasteiger partial charge in [0.2, 0.25) is 0 Å². The lowest BCUT2D eigenvalue weighted by molar-refractivity contribution is -0.143. The third kappa shape index (κ3) is 3.40. The van der Waals surface area contributed by atoms with Gasteiger partial charge in [0.1, 0.15) is 5.54 Å². The van der Waals surface area contributed by atoms with E-state index < -0.39 is 11.5 Å².